The van der Waals surface area contributed by atoms with E-state index in [1.807, 2.05) is 30.8 Å². The van der Waals surface area contributed by atoms with Crippen LogP contribution in [0, 0.1) is 0 Å². The first-order valence-electron chi connectivity index (χ1n) is 6.54. The number of hydrogen-bond donors (Lipinski definition) is 1. The smallest absolute Gasteiger partial charge is 0.0642 e. The summed E-state index contributed by atoms with van der Waals surface area (Å²) in [6.07, 6.45) is 2.12. The van der Waals surface area contributed by atoms with Gasteiger partial charge in [-0.2, -0.15) is 11.8 Å². The molecule has 1 aliphatic heterocycles. The zero-order valence-corrected chi connectivity index (χ0v) is 12.4. The second-order valence-electron chi connectivity index (χ2n) is 4.88. The first kappa shape index (κ1) is 14.0. The summed E-state index contributed by atoms with van der Waals surface area (Å²) in [5, 5.41) is 0.861. The summed E-state index contributed by atoms with van der Waals surface area (Å²) < 4.78 is 0. The molecule has 1 heterocycles. The van der Waals surface area contributed by atoms with E-state index in [-0.39, 0.29) is 6.04 Å². The van der Waals surface area contributed by atoms with E-state index < -0.39 is 0 Å². The zero-order chi connectivity index (χ0) is 13.0. The highest BCUT2D eigenvalue weighted by Gasteiger charge is 2.17. The molecule has 0 spiro atoms. The molecule has 1 saturated heterocycles. The van der Waals surface area contributed by atoms with E-state index in [2.05, 4.69) is 11.0 Å². The molecule has 2 N–H and O–H groups in total. The third-order valence-corrected chi connectivity index (χ3v) is 4.50. The molecule has 2 rings (SSSR count). The van der Waals surface area contributed by atoms with Crippen LogP contribution in [-0.4, -0.2) is 30.6 Å². The number of halogens is 1. The lowest BCUT2D eigenvalue weighted by Crippen LogP contribution is -2.28. The molecular weight excluding hydrogens is 264 g/mol. The monoisotopic (exact) mass is 284 g/mol. The SMILES string of the molecule is CC(N)Cc1cccc(Cl)c1N1CCCSCC1. The predicted octanol–water partition coefficient (Wildman–Crippen LogP) is 3.17. The maximum atomic E-state index is 6.41. The summed E-state index contributed by atoms with van der Waals surface area (Å²) in [6.45, 7) is 4.23. The van der Waals surface area contributed by atoms with Gasteiger partial charge in [0, 0.05) is 24.9 Å². The summed E-state index contributed by atoms with van der Waals surface area (Å²) in [5.41, 5.74) is 8.43. The fourth-order valence-corrected chi connectivity index (χ4v) is 3.60. The number of para-hydroxylation sites is 1. The van der Waals surface area contributed by atoms with Gasteiger partial charge in [-0.25, -0.2) is 0 Å². The number of rotatable bonds is 3. The second kappa shape index (κ2) is 6.69. The molecule has 1 aromatic carbocycles. The van der Waals surface area contributed by atoms with Crippen LogP contribution in [0.4, 0.5) is 5.69 Å². The highest BCUT2D eigenvalue weighted by molar-refractivity contribution is 7.99. The molecule has 1 aliphatic rings. The Bertz CT molecular complexity index is 387. The van der Waals surface area contributed by atoms with Crippen molar-refractivity contribution in [3.63, 3.8) is 0 Å². The minimum absolute atomic E-state index is 0.170. The topological polar surface area (TPSA) is 29.3 Å². The van der Waals surface area contributed by atoms with Crippen molar-refractivity contribution in [1.29, 1.82) is 0 Å². The van der Waals surface area contributed by atoms with Crippen LogP contribution in [-0.2, 0) is 6.42 Å². The average Bonchev–Trinajstić information content (AvgIpc) is 2.57. The van der Waals surface area contributed by atoms with Gasteiger partial charge in [0.1, 0.15) is 0 Å². The Hall–Kier alpha value is -0.380. The van der Waals surface area contributed by atoms with Crippen molar-refractivity contribution in [2.45, 2.75) is 25.8 Å². The number of nitrogens with two attached hydrogens (primary N) is 1. The van der Waals surface area contributed by atoms with Crippen molar-refractivity contribution in [1.82, 2.24) is 0 Å². The lowest BCUT2D eigenvalue weighted by molar-refractivity contribution is 0.729. The van der Waals surface area contributed by atoms with E-state index in [0.717, 1.165) is 24.5 Å². The molecule has 0 aliphatic carbocycles. The van der Waals surface area contributed by atoms with Crippen LogP contribution in [0.3, 0.4) is 0 Å². The lowest BCUT2D eigenvalue weighted by atomic mass is 10.0. The van der Waals surface area contributed by atoms with Crippen molar-refractivity contribution in [2.75, 3.05) is 29.5 Å². The van der Waals surface area contributed by atoms with Crippen LogP contribution in [0.15, 0.2) is 18.2 Å². The molecule has 1 fully saturated rings. The molecule has 2 nitrogen and oxygen atoms in total. The van der Waals surface area contributed by atoms with Crippen LogP contribution in [0.25, 0.3) is 0 Å². The fraction of sp³-hybridized carbons (Fsp3) is 0.571. The molecule has 1 aromatic rings. The molecule has 0 amide bonds. The van der Waals surface area contributed by atoms with Gasteiger partial charge in [-0.15, -0.1) is 0 Å². The molecule has 0 saturated carbocycles. The number of thioether (sulfide) groups is 1. The number of nitrogens with zero attached hydrogens (tertiary/aromatic N) is 1. The molecule has 0 aromatic heterocycles. The summed E-state index contributed by atoms with van der Waals surface area (Å²) in [4.78, 5) is 2.43. The number of benzene rings is 1. The molecule has 100 valence electrons. The van der Waals surface area contributed by atoms with Gasteiger partial charge < -0.3 is 10.6 Å². The highest BCUT2D eigenvalue weighted by Crippen LogP contribution is 2.32. The maximum absolute atomic E-state index is 6.41. The van der Waals surface area contributed by atoms with E-state index in [1.165, 1.54) is 29.2 Å². The number of anilines is 1. The van der Waals surface area contributed by atoms with Gasteiger partial charge in [0.2, 0.25) is 0 Å². The van der Waals surface area contributed by atoms with E-state index >= 15 is 0 Å². The van der Waals surface area contributed by atoms with Crippen molar-refractivity contribution in [3.8, 4) is 0 Å². The van der Waals surface area contributed by atoms with Crippen molar-refractivity contribution >= 4 is 29.1 Å². The third kappa shape index (κ3) is 3.56. The molecule has 0 bridgehead atoms. The van der Waals surface area contributed by atoms with Gasteiger partial charge in [0.05, 0.1) is 10.7 Å². The molecular formula is C14H21ClN2S. The lowest BCUT2D eigenvalue weighted by Gasteiger charge is -2.27. The van der Waals surface area contributed by atoms with Crippen LogP contribution < -0.4 is 10.6 Å². The van der Waals surface area contributed by atoms with Crippen molar-refractivity contribution in [2.24, 2.45) is 5.73 Å². The van der Waals surface area contributed by atoms with Gasteiger partial charge in [-0.1, -0.05) is 23.7 Å². The Morgan fingerprint density at radius 1 is 1.39 bits per heavy atom. The Morgan fingerprint density at radius 2 is 2.22 bits per heavy atom. The highest BCUT2D eigenvalue weighted by atomic mass is 35.5. The minimum Gasteiger partial charge on any atom is -0.369 e. The van der Waals surface area contributed by atoms with Crippen LogP contribution in [0.5, 0.6) is 0 Å². The summed E-state index contributed by atoms with van der Waals surface area (Å²) >= 11 is 8.44. The zero-order valence-electron chi connectivity index (χ0n) is 10.9. The number of hydrogen-bond acceptors (Lipinski definition) is 3. The summed E-state index contributed by atoms with van der Waals surface area (Å²) in [5.74, 6) is 2.44. The van der Waals surface area contributed by atoms with Crippen molar-refractivity contribution in [3.05, 3.63) is 28.8 Å². The first-order valence-corrected chi connectivity index (χ1v) is 8.07. The summed E-state index contributed by atoms with van der Waals surface area (Å²) in [7, 11) is 0. The first-order chi connectivity index (χ1) is 8.68. The molecule has 0 radical (unpaired) electrons. The quantitative estimate of drug-likeness (QED) is 0.924. The van der Waals surface area contributed by atoms with Gasteiger partial charge in [0.25, 0.3) is 0 Å². The largest absolute Gasteiger partial charge is 0.369 e. The fourth-order valence-electron chi connectivity index (χ4n) is 2.40. The molecule has 1 atom stereocenters. The van der Waals surface area contributed by atoms with Gasteiger partial charge in [-0.3, -0.25) is 0 Å². The van der Waals surface area contributed by atoms with E-state index in [0.29, 0.717) is 0 Å². The molecule has 4 heteroatoms. The van der Waals surface area contributed by atoms with Crippen LogP contribution in [0.2, 0.25) is 5.02 Å². The second-order valence-corrected chi connectivity index (χ2v) is 6.51. The minimum atomic E-state index is 0.170. The van der Waals surface area contributed by atoms with Crippen LogP contribution >= 0.6 is 23.4 Å². The van der Waals surface area contributed by atoms with E-state index in [9.17, 15) is 0 Å². The van der Waals surface area contributed by atoms with Crippen LogP contribution in [0.1, 0.15) is 18.9 Å². The Kier molecular flexibility index (Phi) is 5.22. The standard InChI is InChI=1S/C14H21ClN2S/c1-11(16)10-12-4-2-5-13(15)14(12)17-6-3-8-18-9-7-17/h2,4-5,11H,3,6-10,16H2,1H3. The van der Waals surface area contributed by atoms with Gasteiger partial charge in [-0.05, 0) is 37.1 Å². The van der Waals surface area contributed by atoms with Crippen molar-refractivity contribution < 1.29 is 0 Å². The average molecular weight is 285 g/mol. The normalized spacial score (nSPS) is 18.5. The summed E-state index contributed by atoms with van der Waals surface area (Å²) in [6, 6.07) is 6.33. The maximum Gasteiger partial charge on any atom is 0.0642 e. The molecule has 18 heavy (non-hydrogen) atoms. The Morgan fingerprint density at radius 3 is 3.00 bits per heavy atom. The van der Waals surface area contributed by atoms with E-state index in [1.54, 1.807) is 0 Å². The Labute approximate surface area is 119 Å². The van der Waals surface area contributed by atoms with Gasteiger partial charge >= 0.3 is 0 Å². The third-order valence-electron chi connectivity index (χ3n) is 3.15. The predicted molar refractivity (Wildman–Crippen MR) is 83.0 cm³/mol. The van der Waals surface area contributed by atoms with E-state index in [4.69, 9.17) is 17.3 Å². The molecule has 1 unspecified atom stereocenters. The van der Waals surface area contributed by atoms with Gasteiger partial charge in [0.15, 0.2) is 0 Å². The Balaban J connectivity index is 2.28.